The number of carbonyl (C=O) groups is 2. The van der Waals surface area contributed by atoms with Gasteiger partial charge in [0.1, 0.15) is 0 Å². The molecule has 2 aromatic rings. The average molecular weight is 339 g/mol. The summed E-state index contributed by atoms with van der Waals surface area (Å²) in [5, 5.41) is 7.03. The molecule has 0 radical (unpaired) electrons. The van der Waals surface area contributed by atoms with Gasteiger partial charge in [0, 0.05) is 43.3 Å². The number of nitrogens with zero attached hydrogens (tertiary/aromatic N) is 4. The number of anilines is 1. The molecule has 1 N–H and O–H groups in total. The number of carbonyl (C=O) groups excluding carboxylic acids is 2. The highest BCUT2D eigenvalue weighted by atomic mass is 16.2. The van der Waals surface area contributed by atoms with Crippen LogP contribution in [0, 0.1) is 0 Å². The molecular weight excluding hydrogens is 318 g/mol. The van der Waals surface area contributed by atoms with Crippen LogP contribution in [-0.4, -0.2) is 52.3 Å². The fourth-order valence-corrected chi connectivity index (χ4v) is 3.61. The summed E-state index contributed by atoms with van der Waals surface area (Å²) in [6, 6.07) is 9.29. The Morgan fingerprint density at radius 1 is 1.28 bits per heavy atom. The van der Waals surface area contributed by atoms with Crippen molar-refractivity contribution in [2.45, 2.75) is 25.4 Å². The van der Waals surface area contributed by atoms with Gasteiger partial charge < -0.3 is 10.2 Å². The maximum absolute atomic E-state index is 13.0. The third-order valence-electron chi connectivity index (χ3n) is 4.86. The van der Waals surface area contributed by atoms with Gasteiger partial charge in [-0.05, 0) is 37.1 Å². The van der Waals surface area contributed by atoms with Crippen LogP contribution in [0.2, 0.25) is 0 Å². The fraction of sp³-hybridized carbons (Fsp3) is 0.389. The highest BCUT2D eigenvalue weighted by Crippen LogP contribution is 2.24. The Kier molecular flexibility index (Phi) is 4.13. The number of amides is 3. The molecule has 4 rings (SSSR count). The lowest BCUT2D eigenvalue weighted by molar-refractivity contribution is 0.0721. The van der Waals surface area contributed by atoms with Gasteiger partial charge in [-0.1, -0.05) is 6.07 Å². The lowest BCUT2D eigenvalue weighted by atomic mass is 10.1. The van der Waals surface area contributed by atoms with Crippen LogP contribution >= 0.6 is 0 Å². The largest absolute Gasteiger partial charge is 0.336 e. The Morgan fingerprint density at radius 3 is 2.96 bits per heavy atom. The first-order chi connectivity index (χ1) is 12.2. The third kappa shape index (κ3) is 3.09. The van der Waals surface area contributed by atoms with E-state index in [9.17, 15) is 9.59 Å². The Hall–Kier alpha value is -2.83. The summed E-state index contributed by atoms with van der Waals surface area (Å²) in [7, 11) is 0. The molecule has 1 aromatic carbocycles. The van der Waals surface area contributed by atoms with Gasteiger partial charge in [-0.3, -0.25) is 14.4 Å². The summed E-state index contributed by atoms with van der Waals surface area (Å²) >= 11 is 0. The molecule has 3 heterocycles. The number of aromatic nitrogens is 2. The SMILES string of the molecule is O=C1NCCN1c1cccc(C(=O)N2CCC[C@@H]2Cn2cccn2)c1. The van der Waals surface area contributed by atoms with Crippen LogP contribution in [0.3, 0.4) is 0 Å². The van der Waals surface area contributed by atoms with Crippen LogP contribution in [0.1, 0.15) is 23.2 Å². The predicted molar refractivity (Wildman–Crippen MR) is 93.5 cm³/mol. The molecule has 7 nitrogen and oxygen atoms in total. The molecule has 0 bridgehead atoms. The standard InChI is InChI=1S/C18H21N5O2/c24-17(22-10-2-6-16(22)13-21-9-3-7-20-21)14-4-1-5-15(12-14)23-11-8-19-18(23)25/h1,3-5,7,9,12,16H,2,6,8,10-11,13H2,(H,19,25)/t16-/m1/s1. The molecule has 2 fully saturated rings. The second kappa shape index (κ2) is 6.58. The summed E-state index contributed by atoms with van der Waals surface area (Å²) < 4.78 is 1.88. The predicted octanol–water partition coefficient (Wildman–Crippen LogP) is 1.72. The summed E-state index contributed by atoms with van der Waals surface area (Å²) in [4.78, 5) is 28.5. The van der Waals surface area contributed by atoms with Crippen LogP contribution in [-0.2, 0) is 6.54 Å². The number of nitrogens with one attached hydrogen (secondary N) is 1. The van der Waals surface area contributed by atoms with E-state index in [1.807, 2.05) is 46.1 Å². The Labute approximate surface area is 146 Å². The first kappa shape index (κ1) is 15.7. The minimum atomic E-state index is -0.109. The molecule has 1 atom stereocenters. The van der Waals surface area contributed by atoms with E-state index in [4.69, 9.17) is 0 Å². The number of likely N-dealkylation sites (tertiary alicyclic amines) is 1. The van der Waals surface area contributed by atoms with Gasteiger partial charge in [0.25, 0.3) is 5.91 Å². The number of urea groups is 1. The molecular formula is C18H21N5O2. The van der Waals surface area contributed by atoms with Crippen molar-refractivity contribution in [3.63, 3.8) is 0 Å². The molecule has 0 spiro atoms. The van der Waals surface area contributed by atoms with Crippen molar-refractivity contribution in [2.75, 3.05) is 24.5 Å². The van der Waals surface area contributed by atoms with Gasteiger partial charge in [0.05, 0.1) is 12.6 Å². The Bertz CT molecular complexity index is 774. The minimum Gasteiger partial charge on any atom is -0.336 e. The van der Waals surface area contributed by atoms with Crippen molar-refractivity contribution in [3.05, 3.63) is 48.3 Å². The average Bonchev–Trinajstić information content (AvgIpc) is 3.37. The van der Waals surface area contributed by atoms with Gasteiger partial charge in [0.15, 0.2) is 0 Å². The highest BCUT2D eigenvalue weighted by Gasteiger charge is 2.30. The van der Waals surface area contributed by atoms with Crippen molar-refractivity contribution in [2.24, 2.45) is 0 Å². The quantitative estimate of drug-likeness (QED) is 0.922. The number of hydrogen-bond donors (Lipinski definition) is 1. The number of rotatable bonds is 4. The normalized spacial score (nSPS) is 20.2. The second-order valence-electron chi connectivity index (χ2n) is 6.46. The zero-order chi connectivity index (χ0) is 17.2. The molecule has 7 heteroatoms. The minimum absolute atomic E-state index is 0.0242. The van der Waals surface area contributed by atoms with Crippen molar-refractivity contribution in [1.82, 2.24) is 20.0 Å². The molecule has 2 aliphatic rings. The van der Waals surface area contributed by atoms with E-state index in [0.29, 0.717) is 25.2 Å². The first-order valence-electron chi connectivity index (χ1n) is 8.66. The third-order valence-corrected chi connectivity index (χ3v) is 4.86. The molecule has 0 aliphatic carbocycles. The summed E-state index contributed by atoms with van der Waals surface area (Å²) in [6.45, 7) is 2.74. The molecule has 25 heavy (non-hydrogen) atoms. The topological polar surface area (TPSA) is 70.5 Å². The van der Waals surface area contributed by atoms with Crippen LogP contribution in [0.15, 0.2) is 42.7 Å². The van der Waals surface area contributed by atoms with E-state index in [1.54, 1.807) is 11.1 Å². The van der Waals surface area contributed by atoms with Crippen molar-refractivity contribution in [3.8, 4) is 0 Å². The van der Waals surface area contributed by atoms with E-state index in [1.165, 1.54) is 0 Å². The molecule has 3 amide bonds. The van der Waals surface area contributed by atoms with E-state index in [0.717, 1.165) is 25.1 Å². The molecule has 0 saturated carbocycles. The van der Waals surface area contributed by atoms with Gasteiger partial charge in [-0.2, -0.15) is 5.10 Å². The number of benzene rings is 1. The van der Waals surface area contributed by atoms with Crippen LogP contribution in [0.25, 0.3) is 0 Å². The summed E-state index contributed by atoms with van der Waals surface area (Å²) in [6.07, 6.45) is 5.67. The van der Waals surface area contributed by atoms with E-state index in [2.05, 4.69) is 10.4 Å². The molecule has 2 saturated heterocycles. The van der Waals surface area contributed by atoms with Gasteiger partial charge >= 0.3 is 6.03 Å². The molecule has 0 unspecified atom stereocenters. The lowest BCUT2D eigenvalue weighted by Gasteiger charge is -2.25. The molecule has 130 valence electrons. The second-order valence-corrected chi connectivity index (χ2v) is 6.46. The zero-order valence-electron chi connectivity index (χ0n) is 14.0. The molecule has 2 aliphatic heterocycles. The number of hydrogen-bond acceptors (Lipinski definition) is 3. The summed E-state index contributed by atoms with van der Waals surface area (Å²) in [5.41, 5.74) is 1.40. The maximum atomic E-state index is 13.0. The smallest absolute Gasteiger partial charge is 0.321 e. The van der Waals surface area contributed by atoms with Crippen molar-refractivity contribution < 1.29 is 9.59 Å². The van der Waals surface area contributed by atoms with Gasteiger partial charge in [0.2, 0.25) is 0 Å². The first-order valence-corrected chi connectivity index (χ1v) is 8.66. The van der Waals surface area contributed by atoms with Crippen molar-refractivity contribution >= 4 is 17.6 Å². The van der Waals surface area contributed by atoms with Crippen LogP contribution in [0.5, 0.6) is 0 Å². The van der Waals surface area contributed by atoms with Crippen molar-refractivity contribution in [1.29, 1.82) is 0 Å². The highest BCUT2D eigenvalue weighted by molar-refractivity contribution is 5.98. The van der Waals surface area contributed by atoms with E-state index >= 15 is 0 Å². The Morgan fingerprint density at radius 2 is 2.20 bits per heavy atom. The molecule has 1 aromatic heterocycles. The van der Waals surface area contributed by atoms with Gasteiger partial charge in [-0.25, -0.2) is 4.79 Å². The lowest BCUT2D eigenvalue weighted by Crippen LogP contribution is -2.38. The van der Waals surface area contributed by atoms with Crippen LogP contribution < -0.4 is 10.2 Å². The van der Waals surface area contributed by atoms with Crippen LogP contribution in [0.4, 0.5) is 10.5 Å². The summed E-state index contributed by atoms with van der Waals surface area (Å²) in [5.74, 6) is 0.0242. The maximum Gasteiger partial charge on any atom is 0.321 e. The zero-order valence-corrected chi connectivity index (χ0v) is 14.0. The van der Waals surface area contributed by atoms with Gasteiger partial charge in [-0.15, -0.1) is 0 Å². The monoisotopic (exact) mass is 339 g/mol. The van der Waals surface area contributed by atoms with E-state index in [-0.39, 0.29) is 18.0 Å². The Balaban J connectivity index is 1.52. The van der Waals surface area contributed by atoms with E-state index < -0.39 is 0 Å². The fourth-order valence-electron chi connectivity index (χ4n) is 3.61.